The highest BCUT2D eigenvalue weighted by molar-refractivity contribution is 5.41. The molecule has 3 rings (SSSR count). The van der Waals surface area contributed by atoms with Crippen LogP contribution in [-0.2, 0) is 12.6 Å². The predicted octanol–water partition coefficient (Wildman–Crippen LogP) is 6.37. The largest absolute Gasteiger partial charge is 0.494 e. The first-order valence-electron chi connectivity index (χ1n) is 8.53. The third-order valence-corrected chi connectivity index (χ3v) is 4.51. The van der Waals surface area contributed by atoms with Crippen molar-refractivity contribution >= 4 is 0 Å². The quantitative estimate of drug-likeness (QED) is 0.459. The van der Waals surface area contributed by atoms with Crippen molar-refractivity contribution in [2.75, 3.05) is 7.11 Å². The number of ether oxygens (including phenoxy) is 1. The molecule has 0 heterocycles. The van der Waals surface area contributed by atoms with Crippen LogP contribution >= 0.6 is 0 Å². The molecule has 0 spiro atoms. The summed E-state index contributed by atoms with van der Waals surface area (Å²) in [7, 11) is 1.30. The maximum atomic E-state index is 14.0. The Morgan fingerprint density at radius 1 is 0.857 bits per heavy atom. The normalized spacial score (nSPS) is 12.6. The number of hydrogen-bond donors (Lipinski definition) is 0. The predicted molar refractivity (Wildman–Crippen MR) is 96.3 cm³/mol. The van der Waals surface area contributed by atoms with Gasteiger partial charge in [-0.3, -0.25) is 0 Å². The molecule has 0 amide bonds. The van der Waals surface area contributed by atoms with E-state index in [0.29, 0.717) is 18.1 Å². The van der Waals surface area contributed by atoms with Crippen LogP contribution in [0.1, 0.15) is 28.2 Å². The zero-order valence-electron chi connectivity index (χ0n) is 14.9. The Hall–Kier alpha value is -2.89. The standard InChI is InChI=1S/C22H17F5O/c1-28-21-12-15(7-8-20(21)24)19(9-14-5-3-2-4-6-14)16-10-17(22(25,26)27)13-18(23)11-16/h2-8,10-13,19H,9H2,1H3/t19-/m0/s1. The Balaban J connectivity index is 2.13. The third-order valence-electron chi connectivity index (χ3n) is 4.51. The molecule has 28 heavy (non-hydrogen) atoms. The molecule has 0 bridgehead atoms. The van der Waals surface area contributed by atoms with Gasteiger partial charge in [-0.05, 0) is 53.4 Å². The van der Waals surface area contributed by atoms with Gasteiger partial charge in [0, 0.05) is 5.92 Å². The molecule has 0 radical (unpaired) electrons. The van der Waals surface area contributed by atoms with Crippen LogP contribution in [0.5, 0.6) is 5.75 Å². The van der Waals surface area contributed by atoms with Gasteiger partial charge in [0.2, 0.25) is 0 Å². The fourth-order valence-electron chi connectivity index (χ4n) is 3.15. The lowest BCUT2D eigenvalue weighted by molar-refractivity contribution is -0.137. The molecule has 6 heteroatoms. The Bertz CT molecular complexity index is 951. The van der Waals surface area contributed by atoms with Gasteiger partial charge in [0.15, 0.2) is 11.6 Å². The summed E-state index contributed by atoms with van der Waals surface area (Å²) in [6.45, 7) is 0. The highest BCUT2D eigenvalue weighted by atomic mass is 19.4. The van der Waals surface area contributed by atoms with E-state index >= 15 is 0 Å². The molecule has 3 aromatic rings. The molecule has 0 saturated heterocycles. The van der Waals surface area contributed by atoms with Crippen LogP contribution in [0, 0.1) is 11.6 Å². The number of halogens is 5. The summed E-state index contributed by atoms with van der Waals surface area (Å²) in [5.74, 6) is -2.20. The molecule has 1 nitrogen and oxygen atoms in total. The Morgan fingerprint density at radius 3 is 2.21 bits per heavy atom. The second-order valence-corrected chi connectivity index (χ2v) is 6.41. The van der Waals surface area contributed by atoms with Crippen LogP contribution in [0.3, 0.4) is 0 Å². The zero-order chi connectivity index (χ0) is 20.3. The minimum absolute atomic E-state index is 0.0250. The van der Waals surface area contributed by atoms with E-state index in [0.717, 1.165) is 17.7 Å². The number of alkyl halides is 3. The van der Waals surface area contributed by atoms with E-state index in [4.69, 9.17) is 4.74 Å². The summed E-state index contributed by atoms with van der Waals surface area (Å²) in [6, 6.07) is 15.7. The molecule has 0 unspecified atom stereocenters. The first-order valence-corrected chi connectivity index (χ1v) is 8.53. The molecule has 0 saturated carbocycles. The summed E-state index contributed by atoms with van der Waals surface area (Å²) in [4.78, 5) is 0. The van der Waals surface area contributed by atoms with Crippen molar-refractivity contribution < 1.29 is 26.7 Å². The average molecular weight is 392 g/mol. The maximum Gasteiger partial charge on any atom is 0.416 e. The smallest absolute Gasteiger partial charge is 0.416 e. The molecule has 0 fully saturated rings. The Labute approximate surface area is 159 Å². The van der Waals surface area contributed by atoms with E-state index in [9.17, 15) is 22.0 Å². The van der Waals surface area contributed by atoms with Crippen molar-refractivity contribution in [3.8, 4) is 5.75 Å². The van der Waals surface area contributed by atoms with E-state index in [-0.39, 0.29) is 11.3 Å². The minimum atomic E-state index is -4.67. The molecular weight excluding hydrogens is 375 g/mol. The van der Waals surface area contributed by atoms with Gasteiger partial charge in [-0.15, -0.1) is 0 Å². The third kappa shape index (κ3) is 4.50. The van der Waals surface area contributed by atoms with Gasteiger partial charge < -0.3 is 4.74 Å². The van der Waals surface area contributed by atoms with Crippen LogP contribution in [-0.4, -0.2) is 7.11 Å². The van der Waals surface area contributed by atoms with Gasteiger partial charge >= 0.3 is 6.18 Å². The SMILES string of the molecule is COc1cc([C@H](Cc2ccccc2)c2cc(F)cc(C(F)(F)F)c2)ccc1F. The van der Waals surface area contributed by atoms with Crippen LogP contribution in [0.15, 0.2) is 66.7 Å². The van der Waals surface area contributed by atoms with Gasteiger partial charge in [0.1, 0.15) is 5.82 Å². The topological polar surface area (TPSA) is 9.23 Å². The van der Waals surface area contributed by atoms with E-state index < -0.39 is 29.3 Å². The average Bonchev–Trinajstić information content (AvgIpc) is 2.66. The van der Waals surface area contributed by atoms with Gasteiger partial charge in [0.25, 0.3) is 0 Å². The highest BCUT2D eigenvalue weighted by Crippen LogP contribution is 2.36. The first kappa shape index (κ1) is 19.9. The molecule has 146 valence electrons. The van der Waals surface area contributed by atoms with Crippen molar-refractivity contribution in [1.29, 1.82) is 0 Å². The van der Waals surface area contributed by atoms with Gasteiger partial charge in [0.05, 0.1) is 12.7 Å². The lowest BCUT2D eigenvalue weighted by Gasteiger charge is -2.21. The van der Waals surface area contributed by atoms with E-state index in [1.54, 1.807) is 0 Å². The summed E-state index contributed by atoms with van der Waals surface area (Å²) >= 11 is 0. The first-order chi connectivity index (χ1) is 13.3. The Morgan fingerprint density at radius 2 is 1.57 bits per heavy atom. The lowest BCUT2D eigenvalue weighted by Crippen LogP contribution is -2.11. The van der Waals surface area contributed by atoms with Crippen molar-refractivity contribution in [3.63, 3.8) is 0 Å². The summed E-state index contributed by atoms with van der Waals surface area (Å²) in [6.07, 6.45) is -4.36. The van der Waals surface area contributed by atoms with Crippen molar-refractivity contribution in [2.24, 2.45) is 0 Å². The second-order valence-electron chi connectivity index (χ2n) is 6.41. The summed E-state index contributed by atoms with van der Waals surface area (Å²) in [5.41, 5.74) is 0.480. The molecule has 0 aliphatic rings. The molecule has 1 atom stereocenters. The fourth-order valence-corrected chi connectivity index (χ4v) is 3.15. The Kier molecular flexibility index (Phi) is 5.68. The summed E-state index contributed by atoms with van der Waals surface area (Å²) in [5, 5.41) is 0. The van der Waals surface area contributed by atoms with Crippen molar-refractivity contribution in [1.82, 2.24) is 0 Å². The van der Waals surface area contributed by atoms with Crippen molar-refractivity contribution in [2.45, 2.75) is 18.5 Å². The molecule has 0 aliphatic heterocycles. The van der Waals surface area contributed by atoms with Crippen LogP contribution in [0.4, 0.5) is 22.0 Å². The second kappa shape index (κ2) is 8.00. The van der Waals surface area contributed by atoms with E-state index in [2.05, 4.69) is 0 Å². The van der Waals surface area contributed by atoms with Crippen molar-refractivity contribution in [3.05, 3.63) is 101 Å². The molecule has 0 aromatic heterocycles. The fraction of sp³-hybridized carbons (Fsp3) is 0.182. The maximum absolute atomic E-state index is 14.0. The number of rotatable bonds is 5. The highest BCUT2D eigenvalue weighted by Gasteiger charge is 2.32. The van der Waals surface area contributed by atoms with Crippen LogP contribution in [0.25, 0.3) is 0 Å². The van der Waals surface area contributed by atoms with Gasteiger partial charge in [-0.2, -0.15) is 13.2 Å². The van der Waals surface area contributed by atoms with Gasteiger partial charge in [-0.1, -0.05) is 36.4 Å². The van der Waals surface area contributed by atoms with E-state index in [1.807, 2.05) is 30.3 Å². The zero-order valence-corrected chi connectivity index (χ0v) is 14.9. The molecule has 0 aliphatic carbocycles. The van der Waals surface area contributed by atoms with Crippen LogP contribution < -0.4 is 4.74 Å². The molecular formula is C22H17F5O. The monoisotopic (exact) mass is 392 g/mol. The lowest BCUT2D eigenvalue weighted by atomic mass is 9.85. The number of hydrogen-bond acceptors (Lipinski definition) is 1. The van der Waals surface area contributed by atoms with Gasteiger partial charge in [-0.25, -0.2) is 8.78 Å². The number of benzene rings is 3. The summed E-state index contributed by atoms with van der Waals surface area (Å²) < 4.78 is 72.3. The van der Waals surface area contributed by atoms with Crippen LogP contribution in [0.2, 0.25) is 0 Å². The molecule has 3 aromatic carbocycles. The number of methoxy groups -OCH3 is 1. The van der Waals surface area contributed by atoms with E-state index in [1.165, 1.54) is 25.3 Å². The molecule has 0 N–H and O–H groups in total. The minimum Gasteiger partial charge on any atom is -0.494 e.